The molecule has 0 radical (unpaired) electrons. The predicted octanol–water partition coefficient (Wildman–Crippen LogP) is 1.34. The molecule has 86 valence electrons. The van der Waals surface area contributed by atoms with E-state index >= 15 is 0 Å². The molecule has 0 unspecified atom stereocenters. The number of hydrogen-bond donors (Lipinski definition) is 0. The molecule has 0 aromatic heterocycles. The van der Waals surface area contributed by atoms with Crippen LogP contribution in [0.15, 0.2) is 0 Å². The minimum Gasteiger partial charge on any atom is -0.385 e. The highest BCUT2D eigenvalue weighted by atomic mass is 16.5. The summed E-state index contributed by atoms with van der Waals surface area (Å²) in [7, 11) is 3.74. The summed E-state index contributed by atoms with van der Waals surface area (Å²) >= 11 is 0. The summed E-state index contributed by atoms with van der Waals surface area (Å²) < 4.78 is 11.1. The maximum absolute atomic E-state index is 5.92. The highest BCUT2D eigenvalue weighted by Gasteiger charge is 2.46. The molecule has 0 bridgehead atoms. The molecule has 15 heavy (non-hydrogen) atoms. The Kier molecular flexibility index (Phi) is 4.15. The molecule has 1 rings (SSSR count). The maximum Gasteiger partial charge on any atom is 0.127 e. The third-order valence-electron chi connectivity index (χ3n) is 3.31. The van der Waals surface area contributed by atoms with E-state index in [0.29, 0.717) is 19.1 Å². The largest absolute Gasteiger partial charge is 0.385 e. The van der Waals surface area contributed by atoms with E-state index in [2.05, 4.69) is 24.7 Å². The summed E-state index contributed by atoms with van der Waals surface area (Å²) in [6, 6.07) is 0.0873. The number of nitrogens with zero attached hydrogens (tertiary/aromatic N) is 1. The van der Waals surface area contributed by atoms with Gasteiger partial charge in [0.25, 0.3) is 0 Å². The Morgan fingerprint density at radius 2 is 2.33 bits per heavy atom. The van der Waals surface area contributed by atoms with E-state index in [-0.39, 0.29) is 11.8 Å². The zero-order valence-corrected chi connectivity index (χ0v) is 10.1. The molecule has 1 saturated heterocycles. The second kappa shape index (κ2) is 4.98. The van der Waals surface area contributed by atoms with Crippen molar-refractivity contribution >= 4 is 0 Å². The van der Waals surface area contributed by atoms with Crippen LogP contribution < -0.4 is 0 Å². The fourth-order valence-electron chi connectivity index (χ4n) is 2.22. The fraction of sp³-hybridized carbons (Fsp3) is 0.833. The van der Waals surface area contributed by atoms with Gasteiger partial charge in [0.05, 0.1) is 19.3 Å². The van der Waals surface area contributed by atoms with Crippen LogP contribution in [0.4, 0.5) is 0 Å². The molecule has 0 aromatic carbocycles. The average molecular weight is 211 g/mol. The second-order valence-electron chi connectivity index (χ2n) is 4.35. The quantitative estimate of drug-likeness (QED) is 0.655. The summed E-state index contributed by atoms with van der Waals surface area (Å²) in [5.74, 6) is 3.16. The molecule has 2 atom stereocenters. The Labute approximate surface area is 92.7 Å². The van der Waals surface area contributed by atoms with Gasteiger partial charge in [0.2, 0.25) is 0 Å². The summed E-state index contributed by atoms with van der Waals surface area (Å²) in [5.41, 5.74) is -0.257. The minimum absolute atomic E-state index is 0.0873. The van der Waals surface area contributed by atoms with Gasteiger partial charge < -0.3 is 9.47 Å². The predicted molar refractivity (Wildman–Crippen MR) is 60.4 cm³/mol. The van der Waals surface area contributed by atoms with Crippen molar-refractivity contribution in [3.05, 3.63) is 0 Å². The smallest absolute Gasteiger partial charge is 0.127 e. The van der Waals surface area contributed by atoms with Crippen molar-refractivity contribution in [2.24, 2.45) is 5.92 Å². The van der Waals surface area contributed by atoms with E-state index in [0.717, 1.165) is 6.42 Å². The first kappa shape index (κ1) is 12.5. The Hall–Kier alpha value is -0.560. The molecule has 1 aliphatic rings. The SMILES string of the molecule is C#C[C@@H]1CO[C@@](CCOC)(C(C)C)N1C. The van der Waals surface area contributed by atoms with Gasteiger partial charge in [0, 0.05) is 13.5 Å². The summed E-state index contributed by atoms with van der Waals surface area (Å²) in [6.45, 7) is 5.63. The average Bonchev–Trinajstić information content (AvgIpc) is 2.53. The van der Waals surface area contributed by atoms with Gasteiger partial charge in [-0.05, 0) is 13.0 Å². The molecular weight excluding hydrogens is 190 g/mol. The fourth-order valence-corrected chi connectivity index (χ4v) is 2.22. The summed E-state index contributed by atoms with van der Waals surface area (Å²) in [5, 5.41) is 0. The molecule has 1 fully saturated rings. The molecule has 0 aromatic rings. The van der Waals surface area contributed by atoms with Gasteiger partial charge >= 0.3 is 0 Å². The second-order valence-corrected chi connectivity index (χ2v) is 4.35. The standard InChI is InChI=1S/C12H21NO2/c1-6-11-9-15-12(10(2)3,13(11)4)7-8-14-5/h1,10-11H,7-9H2,2-5H3/t11-,12+/m1/s1. The van der Waals surface area contributed by atoms with Crippen molar-refractivity contribution in [1.29, 1.82) is 0 Å². The van der Waals surface area contributed by atoms with Gasteiger partial charge in [-0.15, -0.1) is 6.42 Å². The number of likely N-dealkylation sites (N-methyl/N-ethyl adjacent to an activating group) is 1. The third-order valence-corrected chi connectivity index (χ3v) is 3.31. The molecule has 0 spiro atoms. The summed E-state index contributed by atoms with van der Waals surface area (Å²) in [6.07, 6.45) is 6.33. The number of methoxy groups -OCH3 is 1. The van der Waals surface area contributed by atoms with Gasteiger partial charge in [-0.1, -0.05) is 19.8 Å². The third kappa shape index (κ3) is 2.17. The molecule has 0 N–H and O–H groups in total. The molecule has 0 saturated carbocycles. The number of ether oxygens (including phenoxy) is 2. The molecule has 1 heterocycles. The Balaban J connectivity index is 2.79. The van der Waals surface area contributed by atoms with Crippen LogP contribution in [-0.4, -0.2) is 44.0 Å². The first-order valence-corrected chi connectivity index (χ1v) is 5.40. The number of rotatable bonds is 4. The van der Waals surface area contributed by atoms with Gasteiger partial charge in [-0.3, -0.25) is 4.90 Å². The highest BCUT2D eigenvalue weighted by molar-refractivity contribution is 5.06. The van der Waals surface area contributed by atoms with Crippen LogP contribution in [0.1, 0.15) is 20.3 Å². The minimum atomic E-state index is -0.257. The van der Waals surface area contributed by atoms with Crippen molar-refractivity contribution in [2.45, 2.75) is 32.0 Å². The van der Waals surface area contributed by atoms with E-state index in [4.69, 9.17) is 15.9 Å². The highest BCUT2D eigenvalue weighted by Crippen LogP contribution is 2.35. The van der Waals surface area contributed by atoms with Crippen LogP contribution in [0.5, 0.6) is 0 Å². The van der Waals surface area contributed by atoms with E-state index < -0.39 is 0 Å². The van der Waals surface area contributed by atoms with E-state index in [1.54, 1.807) is 7.11 Å². The molecule has 0 aliphatic carbocycles. The molecule has 1 aliphatic heterocycles. The van der Waals surface area contributed by atoms with E-state index in [9.17, 15) is 0 Å². The lowest BCUT2D eigenvalue weighted by molar-refractivity contribution is -0.123. The van der Waals surface area contributed by atoms with Crippen molar-refractivity contribution in [1.82, 2.24) is 4.90 Å². The van der Waals surface area contributed by atoms with Crippen molar-refractivity contribution in [3.8, 4) is 12.3 Å². The van der Waals surface area contributed by atoms with Crippen LogP contribution in [0, 0.1) is 18.3 Å². The van der Waals surface area contributed by atoms with Crippen LogP contribution >= 0.6 is 0 Å². The van der Waals surface area contributed by atoms with Crippen LogP contribution in [-0.2, 0) is 9.47 Å². The van der Waals surface area contributed by atoms with Gasteiger partial charge in [0.15, 0.2) is 0 Å². The Morgan fingerprint density at radius 3 is 2.73 bits per heavy atom. The lowest BCUT2D eigenvalue weighted by Gasteiger charge is -2.39. The first-order valence-electron chi connectivity index (χ1n) is 5.40. The van der Waals surface area contributed by atoms with Gasteiger partial charge in [-0.2, -0.15) is 0 Å². The van der Waals surface area contributed by atoms with Crippen LogP contribution in [0.2, 0.25) is 0 Å². The molecule has 0 amide bonds. The topological polar surface area (TPSA) is 21.7 Å². The molecular formula is C12H21NO2. The number of terminal acetylenes is 1. The van der Waals surface area contributed by atoms with Crippen molar-refractivity contribution in [2.75, 3.05) is 27.4 Å². The lowest BCUT2D eigenvalue weighted by atomic mass is 9.94. The number of hydrogen-bond acceptors (Lipinski definition) is 3. The van der Waals surface area contributed by atoms with Crippen molar-refractivity contribution in [3.63, 3.8) is 0 Å². The first-order chi connectivity index (χ1) is 7.08. The van der Waals surface area contributed by atoms with Crippen molar-refractivity contribution < 1.29 is 9.47 Å². The molecule has 3 nitrogen and oxygen atoms in total. The summed E-state index contributed by atoms with van der Waals surface area (Å²) in [4.78, 5) is 2.16. The zero-order chi connectivity index (χ0) is 11.5. The van der Waals surface area contributed by atoms with Crippen LogP contribution in [0.3, 0.4) is 0 Å². The lowest BCUT2D eigenvalue weighted by Crippen LogP contribution is -2.50. The van der Waals surface area contributed by atoms with Gasteiger partial charge in [0.1, 0.15) is 5.72 Å². The van der Waals surface area contributed by atoms with Gasteiger partial charge in [-0.25, -0.2) is 0 Å². The normalized spacial score (nSPS) is 32.1. The Bertz CT molecular complexity index is 246. The van der Waals surface area contributed by atoms with Crippen LogP contribution in [0.25, 0.3) is 0 Å². The maximum atomic E-state index is 5.92. The van der Waals surface area contributed by atoms with E-state index in [1.165, 1.54) is 0 Å². The Morgan fingerprint density at radius 1 is 1.67 bits per heavy atom. The van der Waals surface area contributed by atoms with E-state index in [1.807, 2.05) is 7.05 Å². The monoisotopic (exact) mass is 211 g/mol. The zero-order valence-electron chi connectivity index (χ0n) is 10.1. The molecule has 3 heteroatoms.